The molecule has 0 aromatic carbocycles. The van der Waals surface area contributed by atoms with E-state index in [0.29, 0.717) is 0 Å². The highest BCUT2D eigenvalue weighted by atomic mass is 32.2. The second kappa shape index (κ2) is 4.96. The van der Waals surface area contributed by atoms with Crippen molar-refractivity contribution in [3.05, 3.63) is 27.1 Å². The Bertz CT molecular complexity index is 348. The summed E-state index contributed by atoms with van der Waals surface area (Å²) in [6.45, 7) is 3.05. The molecule has 1 aliphatic rings. The third-order valence-electron chi connectivity index (χ3n) is 2.31. The topological polar surface area (TPSA) is 46.4 Å². The molecule has 0 spiro atoms. The second-order valence-electron chi connectivity index (χ2n) is 3.39. The van der Waals surface area contributed by atoms with Gasteiger partial charge < -0.3 is 0 Å². The van der Waals surface area contributed by atoms with Crippen molar-refractivity contribution in [1.82, 2.24) is 4.90 Å². The molecule has 2 heterocycles. The number of nitro groups is 1. The van der Waals surface area contributed by atoms with Gasteiger partial charge in [0.1, 0.15) is 0 Å². The zero-order chi connectivity index (χ0) is 10.7. The molecule has 0 saturated carbocycles. The molecule has 2 rings (SSSR count). The van der Waals surface area contributed by atoms with Crippen molar-refractivity contribution in [1.29, 1.82) is 0 Å². The van der Waals surface area contributed by atoms with Crippen molar-refractivity contribution in [2.75, 3.05) is 24.6 Å². The Morgan fingerprint density at radius 1 is 1.40 bits per heavy atom. The molecule has 0 radical (unpaired) electrons. The number of nitrogens with zero attached hydrogens (tertiary/aromatic N) is 2. The van der Waals surface area contributed by atoms with Gasteiger partial charge in [-0.2, -0.15) is 11.8 Å². The first-order chi connectivity index (χ1) is 7.25. The Kier molecular flexibility index (Phi) is 3.61. The SMILES string of the molecule is O=[N+]([O-])c1ccc(CN2CCSCC2)s1. The fraction of sp³-hybridized carbons (Fsp3) is 0.556. The molecule has 0 N–H and O–H groups in total. The van der Waals surface area contributed by atoms with Crippen LogP contribution >= 0.6 is 23.1 Å². The van der Waals surface area contributed by atoms with Crippen molar-refractivity contribution >= 4 is 28.1 Å². The van der Waals surface area contributed by atoms with E-state index in [1.54, 1.807) is 6.07 Å². The van der Waals surface area contributed by atoms with E-state index in [0.717, 1.165) is 24.5 Å². The Morgan fingerprint density at radius 2 is 2.13 bits per heavy atom. The normalized spacial score (nSPS) is 17.9. The van der Waals surface area contributed by atoms with E-state index >= 15 is 0 Å². The zero-order valence-electron chi connectivity index (χ0n) is 8.22. The minimum atomic E-state index is -0.319. The molecule has 0 aliphatic carbocycles. The Balaban J connectivity index is 1.94. The van der Waals surface area contributed by atoms with E-state index in [1.807, 2.05) is 17.8 Å². The summed E-state index contributed by atoms with van der Waals surface area (Å²) in [5, 5.41) is 10.8. The number of thioether (sulfide) groups is 1. The maximum Gasteiger partial charge on any atom is 0.324 e. The van der Waals surface area contributed by atoms with Crippen LogP contribution in [0, 0.1) is 10.1 Å². The summed E-state index contributed by atoms with van der Waals surface area (Å²) >= 11 is 3.26. The molecule has 0 unspecified atom stereocenters. The Hall–Kier alpha value is -0.590. The van der Waals surface area contributed by atoms with Gasteiger partial charge in [-0.05, 0) is 6.07 Å². The predicted octanol–water partition coefficient (Wildman–Crippen LogP) is 2.21. The summed E-state index contributed by atoms with van der Waals surface area (Å²) < 4.78 is 0. The molecule has 82 valence electrons. The Morgan fingerprint density at radius 3 is 2.73 bits per heavy atom. The van der Waals surface area contributed by atoms with Crippen LogP contribution in [-0.2, 0) is 6.54 Å². The van der Waals surface area contributed by atoms with Crippen LogP contribution in [-0.4, -0.2) is 34.4 Å². The first kappa shape index (κ1) is 10.9. The summed E-state index contributed by atoms with van der Waals surface area (Å²) in [4.78, 5) is 13.6. The fourth-order valence-corrected chi connectivity index (χ4v) is 3.37. The molecule has 0 amide bonds. The van der Waals surface area contributed by atoms with Gasteiger partial charge in [0, 0.05) is 42.1 Å². The molecule has 1 aromatic rings. The van der Waals surface area contributed by atoms with E-state index in [-0.39, 0.29) is 9.92 Å². The molecular formula is C9H12N2O2S2. The van der Waals surface area contributed by atoms with Crippen molar-refractivity contribution in [3.8, 4) is 0 Å². The molecule has 1 aromatic heterocycles. The summed E-state index contributed by atoms with van der Waals surface area (Å²) in [5.41, 5.74) is 0. The largest absolute Gasteiger partial charge is 0.324 e. The van der Waals surface area contributed by atoms with Gasteiger partial charge in [0.05, 0.1) is 4.92 Å². The van der Waals surface area contributed by atoms with E-state index in [9.17, 15) is 10.1 Å². The number of rotatable bonds is 3. The van der Waals surface area contributed by atoms with Gasteiger partial charge in [-0.25, -0.2) is 0 Å². The van der Waals surface area contributed by atoms with E-state index in [1.165, 1.54) is 22.8 Å². The van der Waals surface area contributed by atoms with Crippen LogP contribution in [0.5, 0.6) is 0 Å². The highest BCUT2D eigenvalue weighted by Gasteiger charge is 2.14. The lowest BCUT2D eigenvalue weighted by molar-refractivity contribution is -0.380. The molecule has 1 fully saturated rings. The van der Waals surface area contributed by atoms with Crippen molar-refractivity contribution in [2.24, 2.45) is 0 Å². The van der Waals surface area contributed by atoms with Gasteiger partial charge in [-0.1, -0.05) is 11.3 Å². The maximum atomic E-state index is 10.5. The number of hydrogen-bond donors (Lipinski definition) is 0. The van der Waals surface area contributed by atoms with Crippen LogP contribution in [0.25, 0.3) is 0 Å². The quantitative estimate of drug-likeness (QED) is 0.604. The van der Waals surface area contributed by atoms with Crippen LogP contribution in [0.3, 0.4) is 0 Å². The Labute approximate surface area is 96.4 Å². The summed E-state index contributed by atoms with van der Waals surface area (Å²) in [5.74, 6) is 2.35. The number of hydrogen-bond acceptors (Lipinski definition) is 5. The first-order valence-electron chi connectivity index (χ1n) is 4.79. The lowest BCUT2D eigenvalue weighted by Crippen LogP contribution is -2.31. The highest BCUT2D eigenvalue weighted by molar-refractivity contribution is 7.99. The minimum Gasteiger partial charge on any atom is -0.297 e. The molecule has 6 heteroatoms. The molecule has 4 nitrogen and oxygen atoms in total. The molecular weight excluding hydrogens is 232 g/mol. The van der Waals surface area contributed by atoms with E-state index < -0.39 is 0 Å². The highest BCUT2D eigenvalue weighted by Crippen LogP contribution is 2.25. The second-order valence-corrected chi connectivity index (χ2v) is 5.76. The van der Waals surface area contributed by atoms with Gasteiger partial charge in [0.15, 0.2) is 0 Å². The predicted molar refractivity (Wildman–Crippen MR) is 63.6 cm³/mol. The van der Waals surface area contributed by atoms with Gasteiger partial charge >= 0.3 is 5.00 Å². The standard InChI is InChI=1S/C9H12N2O2S2/c12-11(13)9-2-1-8(15-9)7-10-3-5-14-6-4-10/h1-2H,3-7H2. The van der Waals surface area contributed by atoms with E-state index in [4.69, 9.17) is 0 Å². The summed E-state index contributed by atoms with van der Waals surface area (Å²) in [6, 6.07) is 3.46. The smallest absolute Gasteiger partial charge is 0.297 e. The average molecular weight is 244 g/mol. The van der Waals surface area contributed by atoms with E-state index in [2.05, 4.69) is 4.90 Å². The fourth-order valence-electron chi connectivity index (χ4n) is 1.53. The zero-order valence-corrected chi connectivity index (χ0v) is 9.85. The third-order valence-corrected chi connectivity index (χ3v) is 4.27. The van der Waals surface area contributed by atoms with Crippen molar-refractivity contribution in [2.45, 2.75) is 6.54 Å². The van der Waals surface area contributed by atoms with Crippen LogP contribution in [0.2, 0.25) is 0 Å². The van der Waals surface area contributed by atoms with Gasteiger partial charge in [0.25, 0.3) is 0 Å². The number of thiophene rings is 1. The van der Waals surface area contributed by atoms with Crippen LogP contribution in [0.15, 0.2) is 12.1 Å². The average Bonchev–Trinajstić information content (AvgIpc) is 2.68. The van der Waals surface area contributed by atoms with Crippen LogP contribution in [0.1, 0.15) is 4.88 Å². The molecule has 0 bridgehead atoms. The maximum absolute atomic E-state index is 10.5. The lowest BCUT2D eigenvalue weighted by atomic mass is 10.4. The summed E-state index contributed by atoms with van der Waals surface area (Å²) in [6.07, 6.45) is 0. The molecule has 15 heavy (non-hydrogen) atoms. The van der Waals surface area contributed by atoms with Crippen LogP contribution < -0.4 is 0 Å². The van der Waals surface area contributed by atoms with Gasteiger partial charge in [0.2, 0.25) is 0 Å². The van der Waals surface area contributed by atoms with Crippen molar-refractivity contribution < 1.29 is 4.92 Å². The van der Waals surface area contributed by atoms with Gasteiger partial charge in [-0.15, -0.1) is 0 Å². The molecule has 0 atom stereocenters. The van der Waals surface area contributed by atoms with Crippen LogP contribution in [0.4, 0.5) is 5.00 Å². The van der Waals surface area contributed by atoms with Gasteiger partial charge in [-0.3, -0.25) is 15.0 Å². The first-order valence-corrected chi connectivity index (χ1v) is 6.76. The van der Waals surface area contributed by atoms with Crippen molar-refractivity contribution in [3.63, 3.8) is 0 Å². The molecule has 1 aliphatic heterocycles. The third kappa shape index (κ3) is 2.93. The molecule has 1 saturated heterocycles. The lowest BCUT2D eigenvalue weighted by Gasteiger charge is -2.25. The monoisotopic (exact) mass is 244 g/mol. The summed E-state index contributed by atoms with van der Waals surface area (Å²) in [7, 11) is 0. The minimum absolute atomic E-state index is 0.247.